The Morgan fingerprint density at radius 3 is 2.40 bits per heavy atom. The molecule has 2 rings (SSSR count). The van der Waals surface area contributed by atoms with Crippen molar-refractivity contribution in [1.29, 1.82) is 0 Å². The Labute approximate surface area is 176 Å². The standard InChI is InChI=1S/C22H27N3O5/c1-5-16(17-9-7-6-8-10-17)14-23-21(26)15(2)30-22(27)18-11-12-19(24(3)4)20(13-18)25(28)29/h6-13,15-16H,5,14H2,1-4H3,(H,23,26)/t15-,16-/m1/s1. The van der Waals surface area contributed by atoms with Crippen molar-refractivity contribution >= 4 is 23.3 Å². The molecule has 0 unspecified atom stereocenters. The minimum absolute atomic E-state index is 0.0164. The van der Waals surface area contributed by atoms with Gasteiger partial charge >= 0.3 is 5.97 Å². The molecule has 0 aliphatic carbocycles. The summed E-state index contributed by atoms with van der Waals surface area (Å²) < 4.78 is 5.22. The second kappa shape index (κ2) is 10.4. The molecule has 0 saturated carbocycles. The third-order valence-electron chi connectivity index (χ3n) is 4.83. The van der Waals surface area contributed by atoms with Crippen molar-refractivity contribution in [3.63, 3.8) is 0 Å². The first-order valence-corrected chi connectivity index (χ1v) is 9.74. The number of hydrogen-bond donors (Lipinski definition) is 1. The van der Waals surface area contributed by atoms with Crippen LogP contribution in [0.3, 0.4) is 0 Å². The molecule has 0 spiro atoms. The first kappa shape index (κ1) is 22.9. The highest BCUT2D eigenvalue weighted by Gasteiger charge is 2.23. The Bertz CT molecular complexity index is 899. The summed E-state index contributed by atoms with van der Waals surface area (Å²) in [6.07, 6.45) is -0.182. The van der Waals surface area contributed by atoms with Gasteiger partial charge < -0.3 is 15.0 Å². The summed E-state index contributed by atoms with van der Waals surface area (Å²) in [5.74, 6) is -1.06. The van der Waals surface area contributed by atoms with Crippen LogP contribution < -0.4 is 10.2 Å². The molecule has 0 saturated heterocycles. The number of benzene rings is 2. The molecule has 0 radical (unpaired) electrons. The van der Waals surface area contributed by atoms with E-state index in [1.54, 1.807) is 19.0 Å². The van der Waals surface area contributed by atoms with E-state index in [0.29, 0.717) is 12.2 Å². The maximum absolute atomic E-state index is 12.4. The zero-order chi connectivity index (χ0) is 22.3. The fraction of sp³-hybridized carbons (Fsp3) is 0.364. The number of carbonyl (C=O) groups is 2. The van der Waals surface area contributed by atoms with Gasteiger partial charge in [-0.05, 0) is 31.0 Å². The van der Waals surface area contributed by atoms with Crippen LogP contribution in [0.4, 0.5) is 11.4 Å². The highest BCUT2D eigenvalue weighted by molar-refractivity contribution is 5.93. The number of nitrogens with one attached hydrogen (secondary N) is 1. The van der Waals surface area contributed by atoms with Gasteiger partial charge in [0, 0.05) is 32.6 Å². The molecule has 0 aromatic heterocycles. The molecule has 2 aromatic carbocycles. The van der Waals surface area contributed by atoms with Crippen molar-refractivity contribution in [3.8, 4) is 0 Å². The normalized spacial score (nSPS) is 12.5. The molecule has 2 atom stereocenters. The predicted molar refractivity (Wildman–Crippen MR) is 115 cm³/mol. The van der Waals surface area contributed by atoms with Crippen molar-refractivity contribution in [2.24, 2.45) is 0 Å². The van der Waals surface area contributed by atoms with E-state index in [9.17, 15) is 19.7 Å². The van der Waals surface area contributed by atoms with Crippen LogP contribution in [0.5, 0.6) is 0 Å². The number of nitro benzene ring substituents is 1. The van der Waals surface area contributed by atoms with E-state index in [1.807, 2.05) is 37.3 Å². The molecule has 8 heteroatoms. The van der Waals surface area contributed by atoms with Gasteiger partial charge in [0.05, 0.1) is 10.5 Å². The largest absolute Gasteiger partial charge is 0.449 e. The van der Waals surface area contributed by atoms with Crippen molar-refractivity contribution in [3.05, 3.63) is 69.8 Å². The number of hydrogen-bond acceptors (Lipinski definition) is 6. The molecular formula is C22H27N3O5. The van der Waals surface area contributed by atoms with Gasteiger partial charge in [-0.3, -0.25) is 14.9 Å². The zero-order valence-electron chi connectivity index (χ0n) is 17.6. The van der Waals surface area contributed by atoms with Gasteiger partial charge in [-0.25, -0.2) is 4.79 Å². The van der Waals surface area contributed by atoms with E-state index in [-0.39, 0.29) is 17.2 Å². The number of anilines is 1. The lowest BCUT2D eigenvalue weighted by Crippen LogP contribution is -2.38. The summed E-state index contributed by atoms with van der Waals surface area (Å²) in [6, 6.07) is 13.9. The molecule has 30 heavy (non-hydrogen) atoms. The third kappa shape index (κ3) is 5.79. The Morgan fingerprint density at radius 2 is 1.83 bits per heavy atom. The topological polar surface area (TPSA) is 102 Å². The first-order chi connectivity index (χ1) is 14.2. The summed E-state index contributed by atoms with van der Waals surface area (Å²) in [4.78, 5) is 37.1. The third-order valence-corrected chi connectivity index (χ3v) is 4.83. The molecule has 1 N–H and O–H groups in total. The number of amides is 1. The van der Waals surface area contributed by atoms with Gasteiger partial charge in [0.2, 0.25) is 0 Å². The smallest absolute Gasteiger partial charge is 0.339 e. The molecule has 160 valence electrons. The molecule has 0 bridgehead atoms. The summed E-state index contributed by atoms with van der Waals surface area (Å²) in [5.41, 5.74) is 1.30. The summed E-state index contributed by atoms with van der Waals surface area (Å²) in [7, 11) is 3.34. The van der Waals surface area contributed by atoms with E-state index in [4.69, 9.17) is 4.74 Å². The van der Waals surface area contributed by atoms with E-state index in [2.05, 4.69) is 5.32 Å². The second-order valence-electron chi connectivity index (χ2n) is 7.16. The van der Waals surface area contributed by atoms with E-state index in [0.717, 1.165) is 18.1 Å². The minimum Gasteiger partial charge on any atom is -0.449 e. The molecule has 8 nitrogen and oxygen atoms in total. The van der Waals surface area contributed by atoms with Crippen LogP contribution in [0.2, 0.25) is 0 Å². The van der Waals surface area contributed by atoms with E-state index in [1.165, 1.54) is 19.1 Å². The van der Waals surface area contributed by atoms with Gasteiger partial charge in [-0.2, -0.15) is 0 Å². The molecule has 0 fully saturated rings. The highest BCUT2D eigenvalue weighted by atomic mass is 16.6. The monoisotopic (exact) mass is 413 g/mol. The molecule has 0 heterocycles. The number of carbonyl (C=O) groups excluding carboxylic acids is 2. The molecule has 2 aromatic rings. The average Bonchev–Trinajstić information content (AvgIpc) is 2.74. The Balaban J connectivity index is 2.00. The SMILES string of the molecule is CC[C@H](CNC(=O)[C@@H](C)OC(=O)c1ccc(N(C)C)c([N+](=O)[O-])c1)c1ccccc1. The summed E-state index contributed by atoms with van der Waals surface area (Å²) >= 11 is 0. The van der Waals surface area contributed by atoms with Gasteiger partial charge in [0.25, 0.3) is 11.6 Å². The number of nitrogens with zero attached hydrogens (tertiary/aromatic N) is 2. The van der Waals surface area contributed by atoms with Crippen molar-refractivity contribution < 1.29 is 19.2 Å². The molecule has 1 amide bonds. The van der Waals surface area contributed by atoms with Gasteiger partial charge in [-0.15, -0.1) is 0 Å². The fourth-order valence-corrected chi connectivity index (χ4v) is 3.05. The summed E-state index contributed by atoms with van der Waals surface area (Å²) in [6.45, 7) is 3.93. The van der Waals surface area contributed by atoms with Crippen LogP contribution in [0.25, 0.3) is 0 Å². The number of rotatable bonds is 9. The Morgan fingerprint density at radius 1 is 1.17 bits per heavy atom. The van der Waals surface area contributed by atoms with Gasteiger partial charge in [0.15, 0.2) is 6.10 Å². The second-order valence-corrected chi connectivity index (χ2v) is 7.16. The number of esters is 1. The van der Waals surface area contributed by atoms with Crippen molar-refractivity contribution in [2.75, 3.05) is 25.5 Å². The molecule has 0 aliphatic rings. The van der Waals surface area contributed by atoms with Gasteiger partial charge in [0.1, 0.15) is 5.69 Å². The van der Waals surface area contributed by atoms with Crippen LogP contribution in [-0.2, 0) is 9.53 Å². The van der Waals surface area contributed by atoms with Crippen LogP contribution in [0, 0.1) is 10.1 Å². The minimum atomic E-state index is -1.03. The van der Waals surface area contributed by atoms with Crippen molar-refractivity contribution in [2.45, 2.75) is 32.3 Å². The lowest BCUT2D eigenvalue weighted by Gasteiger charge is -2.19. The zero-order valence-corrected chi connectivity index (χ0v) is 17.6. The lowest BCUT2D eigenvalue weighted by molar-refractivity contribution is -0.384. The van der Waals surface area contributed by atoms with Crippen LogP contribution in [0.1, 0.15) is 42.1 Å². The highest BCUT2D eigenvalue weighted by Crippen LogP contribution is 2.28. The lowest BCUT2D eigenvalue weighted by atomic mass is 9.96. The Kier molecular flexibility index (Phi) is 7.91. The summed E-state index contributed by atoms with van der Waals surface area (Å²) in [5, 5.41) is 14.1. The maximum Gasteiger partial charge on any atom is 0.339 e. The van der Waals surface area contributed by atoms with Gasteiger partial charge in [-0.1, -0.05) is 37.3 Å². The van der Waals surface area contributed by atoms with E-state index < -0.39 is 22.9 Å². The first-order valence-electron chi connectivity index (χ1n) is 9.74. The van der Waals surface area contributed by atoms with E-state index >= 15 is 0 Å². The predicted octanol–water partition coefficient (Wildman–Crippen LogP) is 3.52. The number of nitro groups is 1. The number of ether oxygens (including phenoxy) is 1. The average molecular weight is 413 g/mol. The quantitative estimate of drug-likeness (QED) is 0.383. The van der Waals surface area contributed by atoms with Crippen LogP contribution >= 0.6 is 0 Å². The maximum atomic E-state index is 12.4. The molecule has 0 aliphatic heterocycles. The molecular weight excluding hydrogens is 386 g/mol. The van der Waals surface area contributed by atoms with Crippen LogP contribution in [-0.4, -0.2) is 43.5 Å². The van der Waals surface area contributed by atoms with Crippen molar-refractivity contribution in [1.82, 2.24) is 5.32 Å². The van der Waals surface area contributed by atoms with Crippen LogP contribution in [0.15, 0.2) is 48.5 Å². The Hall–Kier alpha value is -3.42. The fourth-order valence-electron chi connectivity index (χ4n) is 3.05.